The van der Waals surface area contributed by atoms with Crippen LogP contribution in [0.1, 0.15) is 31.0 Å². The van der Waals surface area contributed by atoms with Crippen LogP contribution in [0.2, 0.25) is 0 Å². The molecular weight excluding hydrogens is 178 g/mol. The van der Waals surface area contributed by atoms with Crippen molar-refractivity contribution in [1.82, 2.24) is 4.98 Å². The molecule has 1 aliphatic rings. The summed E-state index contributed by atoms with van der Waals surface area (Å²) in [5.74, 6) is 0.117. The fraction of sp³-hybridized carbons (Fsp3) is 0.455. The molecule has 14 heavy (non-hydrogen) atoms. The molecule has 1 aliphatic carbocycles. The molecule has 0 saturated carbocycles. The van der Waals surface area contributed by atoms with E-state index in [4.69, 9.17) is 4.74 Å². The summed E-state index contributed by atoms with van der Waals surface area (Å²) in [5, 5.41) is 0. The van der Waals surface area contributed by atoms with Crippen molar-refractivity contribution in [3.05, 3.63) is 23.4 Å². The Labute approximate surface area is 83.1 Å². The lowest BCUT2D eigenvalue weighted by Gasteiger charge is -2.14. The maximum atomic E-state index is 10.7. The number of pyridine rings is 1. The summed E-state index contributed by atoms with van der Waals surface area (Å²) in [6.07, 6.45) is 4.53. The van der Waals surface area contributed by atoms with Crippen LogP contribution in [0.3, 0.4) is 0 Å². The largest absolute Gasteiger partial charge is 0.408 e. The lowest BCUT2D eigenvalue weighted by atomic mass is 9.96. The van der Waals surface area contributed by atoms with Gasteiger partial charge in [-0.15, -0.1) is 0 Å². The first-order valence-corrected chi connectivity index (χ1v) is 4.93. The number of esters is 1. The van der Waals surface area contributed by atoms with Crippen LogP contribution >= 0.6 is 0 Å². The molecule has 0 spiro atoms. The van der Waals surface area contributed by atoms with Crippen molar-refractivity contribution in [3.63, 3.8) is 0 Å². The molecular formula is C11H13NO2. The summed E-state index contributed by atoms with van der Waals surface area (Å²) in [5.41, 5.74) is 2.39. The van der Waals surface area contributed by atoms with Crippen molar-refractivity contribution in [2.24, 2.45) is 0 Å². The van der Waals surface area contributed by atoms with Crippen molar-refractivity contribution >= 4 is 5.97 Å². The average molecular weight is 191 g/mol. The Morgan fingerprint density at radius 3 is 2.93 bits per heavy atom. The monoisotopic (exact) mass is 191 g/mol. The molecule has 0 saturated heterocycles. The van der Waals surface area contributed by atoms with Gasteiger partial charge in [-0.25, -0.2) is 4.98 Å². The molecule has 1 aromatic rings. The van der Waals surface area contributed by atoms with Crippen molar-refractivity contribution in [2.45, 2.75) is 32.6 Å². The predicted octanol–water partition coefficient (Wildman–Crippen LogP) is 1.89. The van der Waals surface area contributed by atoms with Gasteiger partial charge in [0.2, 0.25) is 5.88 Å². The highest BCUT2D eigenvalue weighted by molar-refractivity contribution is 5.68. The zero-order valence-corrected chi connectivity index (χ0v) is 8.25. The van der Waals surface area contributed by atoms with Crippen LogP contribution in [0.4, 0.5) is 0 Å². The number of rotatable bonds is 1. The molecule has 0 unspecified atom stereocenters. The van der Waals surface area contributed by atoms with Crippen LogP contribution in [0, 0.1) is 0 Å². The number of aromatic nitrogens is 1. The first kappa shape index (κ1) is 9.19. The highest BCUT2D eigenvalue weighted by Gasteiger charge is 2.11. The summed E-state index contributed by atoms with van der Waals surface area (Å²) in [7, 11) is 0. The number of aryl methyl sites for hydroxylation is 2. The minimum Gasteiger partial charge on any atom is -0.408 e. The Bertz CT molecular complexity index is 360. The SMILES string of the molecule is CC(=O)Oc1ccc2c(n1)CCCC2. The molecule has 0 aromatic carbocycles. The van der Waals surface area contributed by atoms with Gasteiger partial charge in [0.1, 0.15) is 0 Å². The van der Waals surface area contributed by atoms with E-state index in [1.54, 1.807) is 6.07 Å². The van der Waals surface area contributed by atoms with Gasteiger partial charge in [0.25, 0.3) is 0 Å². The maximum Gasteiger partial charge on any atom is 0.309 e. The molecule has 3 heteroatoms. The molecule has 0 bridgehead atoms. The van der Waals surface area contributed by atoms with Crippen LogP contribution in [0.5, 0.6) is 5.88 Å². The molecule has 0 atom stereocenters. The van der Waals surface area contributed by atoms with Gasteiger partial charge in [-0.2, -0.15) is 0 Å². The molecule has 1 heterocycles. The fourth-order valence-electron chi connectivity index (χ4n) is 1.77. The molecule has 0 aliphatic heterocycles. The van der Waals surface area contributed by atoms with E-state index in [1.165, 1.54) is 25.3 Å². The Morgan fingerprint density at radius 2 is 2.14 bits per heavy atom. The van der Waals surface area contributed by atoms with E-state index < -0.39 is 0 Å². The van der Waals surface area contributed by atoms with Gasteiger partial charge in [-0.3, -0.25) is 4.79 Å². The second-order valence-electron chi connectivity index (χ2n) is 3.56. The molecule has 0 radical (unpaired) electrons. The maximum absolute atomic E-state index is 10.7. The summed E-state index contributed by atoms with van der Waals surface area (Å²) in [4.78, 5) is 15.0. The summed E-state index contributed by atoms with van der Waals surface area (Å²) in [6.45, 7) is 1.39. The van der Waals surface area contributed by atoms with Gasteiger partial charge in [-0.05, 0) is 31.2 Å². The van der Waals surface area contributed by atoms with E-state index in [-0.39, 0.29) is 5.97 Å². The van der Waals surface area contributed by atoms with Crippen molar-refractivity contribution in [1.29, 1.82) is 0 Å². The lowest BCUT2D eigenvalue weighted by molar-refractivity contribution is -0.132. The van der Waals surface area contributed by atoms with Crippen LogP contribution < -0.4 is 4.74 Å². The highest BCUT2D eigenvalue weighted by atomic mass is 16.5. The van der Waals surface area contributed by atoms with E-state index in [9.17, 15) is 4.79 Å². The van der Waals surface area contributed by atoms with Gasteiger partial charge in [-0.1, -0.05) is 6.07 Å². The second kappa shape index (κ2) is 3.78. The Hall–Kier alpha value is -1.38. The third kappa shape index (κ3) is 1.92. The number of carbonyl (C=O) groups is 1. The predicted molar refractivity (Wildman–Crippen MR) is 52.2 cm³/mol. The van der Waals surface area contributed by atoms with Crippen LogP contribution in [0.25, 0.3) is 0 Å². The molecule has 0 fully saturated rings. The number of hydrogen-bond acceptors (Lipinski definition) is 3. The van der Waals surface area contributed by atoms with E-state index in [1.807, 2.05) is 6.07 Å². The van der Waals surface area contributed by atoms with Gasteiger partial charge < -0.3 is 4.74 Å². The molecule has 2 rings (SSSR count). The standard InChI is InChI=1S/C11H13NO2/c1-8(13)14-11-7-6-9-4-2-3-5-10(9)12-11/h6-7H,2-5H2,1H3. The molecule has 74 valence electrons. The lowest BCUT2D eigenvalue weighted by Crippen LogP contribution is -2.08. The highest BCUT2D eigenvalue weighted by Crippen LogP contribution is 2.21. The number of nitrogens with zero attached hydrogens (tertiary/aromatic N) is 1. The number of fused-ring (bicyclic) bond motifs is 1. The quantitative estimate of drug-likeness (QED) is 0.636. The molecule has 3 nitrogen and oxygen atoms in total. The van der Waals surface area contributed by atoms with E-state index in [2.05, 4.69) is 4.98 Å². The minimum absolute atomic E-state index is 0.312. The van der Waals surface area contributed by atoms with Gasteiger partial charge >= 0.3 is 5.97 Å². The number of hydrogen-bond donors (Lipinski definition) is 0. The van der Waals surface area contributed by atoms with Gasteiger partial charge in [0.05, 0.1) is 0 Å². The van der Waals surface area contributed by atoms with Crippen LogP contribution in [-0.2, 0) is 17.6 Å². The average Bonchev–Trinajstić information content (AvgIpc) is 2.17. The van der Waals surface area contributed by atoms with E-state index >= 15 is 0 Å². The third-order valence-corrected chi connectivity index (χ3v) is 2.40. The second-order valence-corrected chi connectivity index (χ2v) is 3.56. The van der Waals surface area contributed by atoms with Crippen LogP contribution in [0.15, 0.2) is 12.1 Å². The topological polar surface area (TPSA) is 39.2 Å². The minimum atomic E-state index is -0.312. The Kier molecular flexibility index (Phi) is 2.48. The number of carbonyl (C=O) groups excluding carboxylic acids is 1. The van der Waals surface area contributed by atoms with Crippen molar-refractivity contribution in [3.8, 4) is 5.88 Å². The smallest absolute Gasteiger partial charge is 0.309 e. The van der Waals surface area contributed by atoms with Gasteiger partial charge in [0, 0.05) is 18.7 Å². The first-order chi connectivity index (χ1) is 6.75. The summed E-state index contributed by atoms with van der Waals surface area (Å²) >= 11 is 0. The third-order valence-electron chi connectivity index (χ3n) is 2.40. The van der Waals surface area contributed by atoms with E-state index in [0.29, 0.717) is 5.88 Å². The zero-order chi connectivity index (χ0) is 9.97. The molecule has 0 amide bonds. The van der Waals surface area contributed by atoms with E-state index in [0.717, 1.165) is 18.5 Å². The fourth-order valence-corrected chi connectivity index (χ4v) is 1.77. The summed E-state index contributed by atoms with van der Waals surface area (Å²) in [6, 6.07) is 3.78. The van der Waals surface area contributed by atoms with Crippen molar-refractivity contribution in [2.75, 3.05) is 0 Å². The van der Waals surface area contributed by atoms with Crippen LogP contribution in [-0.4, -0.2) is 11.0 Å². The summed E-state index contributed by atoms with van der Waals surface area (Å²) < 4.78 is 4.93. The number of ether oxygens (including phenoxy) is 1. The molecule has 1 aromatic heterocycles. The van der Waals surface area contributed by atoms with Gasteiger partial charge in [0.15, 0.2) is 0 Å². The molecule has 0 N–H and O–H groups in total. The zero-order valence-electron chi connectivity index (χ0n) is 8.25. The Morgan fingerprint density at radius 1 is 1.36 bits per heavy atom. The van der Waals surface area contributed by atoms with Crippen molar-refractivity contribution < 1.29 is 9.53 Å². The normalized spacial score (nSPS) is 14.6. The first-order valence-electron chi connectivity index (χ1n) is 4.93. The Balaban J connectivity index is 2.24.